The number of unbranched alkanes of at least 4 members (excludes halogenated alkanes) is 22. The van der Waals surface area contributed by atoms with Gasteiger partial charge < -0.3 is 14.2 Å². The van der Waals surface area contributed by atoms with Gasteiger partial charge in [0.15, 0.2) is 6.10 Å². The van der Waals surface area contributed by atoms with Gasteiger partial charge in [-0.3, -0.25) is 9.59 Å². The predicted octanol–water partition coefficient (Wildman–Crippen LogP) is 13.9. The van der Waals surface area contributed by atoms with Crippen molar-refractivity contribution in [3.05, 3.63) is 36.5 Å². The van der Waals surface area contributed by atoms with Crippen LogP contribution in [0.1, 0.15) is 213 Å². The lowest BCUT2D eigenvalue weighted by molar-refractivity contribution is -0.163. The number of carbonyl (C=O) groups is 2. The molecule has 1 atom stereocenters. The Morgan fingerprint density at radius 1 is 0.440 bits per heavy atom. The zero-order valence-electron chi connectivity index (χ0n) is 33.4. The summed E-state index contributed by atoms with van der Waals surface area (Å²) < 4.78 is 17.2. The quantitative estimate of drug-likeness (QED) is 0.0362. The zero-order chi connectivity index (χ0) is 36.4. The van der Waals surface area contributed by atoms with Gasteiger partial charge in [-0.1, -0.05) is 179 Å². The van der Waals surface area contributed by atoms with Crippen LogP contribution in [0.4, 0.5) is 0 Å². The summed E-state index contributed by atoms with van der Waals surface area (Å²) in [6.07, 6.45) is 47.2. The van der Waals surface area contributed by atoms with Crippen LogP contribution in [0.3, 0.4) is 0 Å². The molecule has 0 aromatic heterocycles. The van der Waals surface area contributed by atoms with Gasteiger partial charge in [-0.2, -0.15) is 0 Å². The molecule has 1 unspecified atom stereocenters. The summed E-state index contributed by atoms with van der Waals surface area (Å²) in [7, 11) is 0. The average Bonchev–Trinajstić information content (AvgIpc) is 3.11. The van der Waals surface area contributed by atoms with E-state index in [0.29, 0.717) is 19.4 Å². The topological polar surface area (TPSA) is 61.8 Å². The van der Waals surface area contributed by atoms with Gasteiger partial charge in [0.05, 0.1) is 6.61 Å². The molecule has 0 saturated heterocycles. The van der Waals surface area contributed by atoms with Crippen molar-refractivity contribution in [3.8, 4) is 0 Å². The zero-order valence-corrected chi connectivity index (χ0v) is 33.4. The Hall–Kier alpha value is -1.88. The molecule has 5 nitrogen and oxygen atoms in total. The molecule has 0 aliphatic carbocycles. The molecule has 0 spiro atoms. The summed E-state index contributed by atoms with van der Waals surface area (Å²) in [5.74, 6) is -0.414. The highest BCUT2D eigenvalue weighted by Gasteiger charge is 2.17. The van der Waals surface area contributed by atoms with Crippen molar-refractivity contribution in [1.29, 1.82) is 0 Å². The first-order valence-electron chi connectivity index (χ1n) is 21.5. The van der Waals surface area contributed by atoms with E-state index in [0.717, 1.165) is 64.2 Å². The summed E-state index contributed by atoms with van der Waals surface area (Å²) in [5, 5.41) is 0. The van der Waals surface area contributed by atoms with E-state index < -0.39 is 6.10 Å². The Labute approximate surface area is 310 Å². The fourth-order valence-electron chi connectivity index (χ4n) is 5.93. The Morgan fingerprint density at radius 2 is 0.840 bits per heavy atom. The minimum atomic E-state index is -0.530. The highest BCUT2D eigenvalue weighted by atomic mass is 16.6. The molecule has 0 heterocycles. The van der Waals surface area contributed by atoms with E-state index in [1.54, 1.807) is 0 Å². The normalized spacial score (nSPS) is 12.5. The summed E-state index contributed by atoms with van der Waals surface area (Å²) in [5.41, 5.74) is 0. The molecule has 0 aliphatic rings. The number of hydrogen-bond acceptors (Lipinski definition) is 5. The third-order valence-corrected chi connectivity index (χ3v) is 9.18. The Bertz CT molecular complexity index is 801. The first-order valence-corrected chi connectivity index (χ1v) is 21.5. The van der Waals surface area contributed by atoms with E-state index in [9.17, 15) is 9.59 Å². The molecular weight excluding hydrogens is 620 g/mol. The molecule has 0 rings (SSSR count). The second-order valence-electron chi connectivity index (χ2n) is 14.3. The van der Waals surface area contributed by atoms with Crippen LogP contribution in [-0.4, -0.2) is 37.9 Å². The molecule has 0 N–H and O–H groups in total. The van der Waals surface area contributed by atoms with E-state index in [1.807, 2.05) is 0 Å². The van der Waals surface area contributed by atoms with E-state index in [-0.39, 0.29) is 25.2 Å². The van der Waals surface area contributed by atoms with Gasteiger partial charge in [-0.05, 0) is 57.8 Å². The van der Waals surface area contributed by atoms with E-state index in [1.165, 1.54) is 116 Å². The second-order valence-corrected chi connectivity index (χ2v) is 14.3. The number of allylic oxidation sites excluding steroid dienone is 6. The molecule has 292 valence electrons. The first kappa shape index (κ1) is 48.1. The molecule has 0 radical (unpaired) electrons. The molecule has 50 heavy (non-hydrogen) atoms. The summed E-state index contributed by atoms with van der Waals surface area (Å²) >= 11 is 0. The minimum absolute atomic E-state index is 0.0818. The standard InChI is InChI=1S/C45H82O5/c1-4-7-10-13-16-18-19-20-21-22-23-24-25-26-27-28-30-32-35-38-44(46)49-42-43(41-48-40-37-34-31-17-14-11-8-5-2)50-45(47)39-36-33-29-15-12-9-6-3/h16,18,20-21,23-24,43H,4-15,17,19,22,25-42H2,1-3H3/b18-16-,21-20-,24-23-. The number of esters is 2. The van der Waals surface area contributed by atoms with Gasteiger partial charge in [0.25, 0.3) is 0 Å². The molecule has 0 saturated carbocycles. The lowest BCUT2D eigenvalue weighted by atomic mass is 10.1. The highest BCUT2D eigenvalue weighted by molar-refractivity contribution is 5.70. The maximum atomic E-state index is 12.5. The van der Waals surface area contributed by atoms with E-state index in [2.05, 4.69) is 57.2 Å². The van der Waals surface area contributed by atoms with Crippen LogP contribution >= 0.6 is 0 Å². The van der Waals surface area contributed by atoms with Crippen molar-refractivity contribution in [3.63, 3.8) is 0 Å². The molecule has 5 heteroatoms. The molecule has 0 aromatic rings. The van der Waals surface area contributed by atoms with Gasteiger partial charge in [0.1, 0.15) is 6.61 Å². The van der Waals surface area contributed by atoms with Crippen LogP contribution in [0.5, 0.6) is 0 Å². The third kappa shape index (κ3) is 38.9. The Balaban J connectivity index is 4.09. The number of hydrogen-bond donors (Lipinski definition) is 0. The largest absolute Gasteiger partial charge is 0.462 e. The van der Waals surface area contributed by atoms with Crippen molar-refractivity contribution in [2.75, 3.05) is 19.8 Å². The number of carbonyl (C=O) groups excluding carboxylic acids is 2. The molecule has 0 fully saturated rings. The molecule has 0 bridgehead atoms. The lowest BCUT2D eigenvalue weighted by Gasteiger charge is -2.18. The number of ether oxygens (including phenoxy) is 3. The Kier molecular flexibility index (Phi) is 40.0. The molecular formula is C45H82O5. The van der Waals surface area contributed by atoms with Crippen molar-refractivity contribution in [2.24, 2.45) is 0 Å². The van der Waals surface area contributed by atoms with Crippen molar-refractivity contribution < 1.29 is 23.8 Å². The van der Waals surface area contributed by atoms with Gasteiger partial charge in [0, 0.05) is 19.4 Å². The first-order chi connectivity index (χ1) is 24.6. The highest BCUT2D eigenvalue weighted by Crippen LogP contribution is 2.13. The predicted molar refractivity (Wildman–Crippen MR) is 215 cm³/mol. The van der Waals surface area contributed by atoms with Gasteiger partial charge in [-0.15, -0.1) is 0 Å². The second kappa shape index (κ2) is 41.5. The van der Waals surface area contributed by atoms with Gasteiger partial charge in [0.2, 0.25) is 0 Å². The maximum Gasteiger partial charge on any atom is 0.306 e. The SMILES string of the molecule is CCCCC/C=C\C/C=C\C/C=C\CCCCCCCCC(=O)OCC(COCCCCCCCCCC)OC(=O)CCCCCCCCC. The number of rotatable bonds is 39. The third-order valence-electron chi connectivity index (χ3n) is 9.18. The maximum absolute atomic E-state index is 12.5. The fraction of sp³-hybridized carbons (Fsp3) is 0.822. The van der Waals surface area contributed by atoms with Crippen LogP contribution in [0.25, 0.3) is 0 Å². The van der Waals surface area contributed by atoms with Crippen LogP contribution in [0.2, 0.25) is 0 Å². The summed E-state index contributed by atoms with van der Waals surface area (Å²) in [6.45, 7) is 7.74. The fourth-order valence-corrected chi connectivity index (χ4v) is 5.93. The Morgan fingerprint density at radius 3 is 1.38 bits per heavy atom. The van der Waals surface area contributed by atoms with Crippen molar-refractivity contribution in [1.82, 2.24) is 0 Å². The van der Waals surface area contributed by atoms with Crippen LogP contribution in [-0.2, 0) is 23.8 Å². The van der Waals surface area contributed by atoms with Crippen molar-refractivity contribution >= 4 is 11.9 Å². The van der Waals surface area contributed by atoms with Crippen LogP contribution in [0, 0.1) is 0 Å². The van der Waals surface area contributed by atoms with E-state index >= 15 is 0 Å². The van der Waals surface area contributed by atoms with Crippen LogP contribution < -0.4 is 0 Å². The molecule has 0 amide bonds. The molecule has 0 aliphatic heterocycles. The van der Waals surface area contributed by atoms with E-state index in [4.69, 9.17) is 14.2 Å². The lowest BCUT2D eigenvalue weighted by Crippen LogP contribution is -2.30. The van der Waals surface area contributed by atoms with Gasteiger partial charge >= 0.3 is 11.9 Å². The smallest absolute Gasteiger partial charge is 0.306 e. The van der Waals surface area contributed by atoms with Crippen molar-refractivity contribution in [2.45, 2.75) is 219 Å². The summed E-state index contributed by atoms with van der Waals surface area (Å²) in [6, 6.07) is 0. The van der Waals surface area contributed by atoms with Gasteiger partial charge in [-0.25, -0.2) is 0 Å². The molecule has 0 aromatic carbocycles. The summed E-state index contributed by atoms with van der Waals surface area (Å²) in [4.78, 5) is 25.0. The minimum Gasteiger partial charge on any atom is -0.462 e. The monoisotopic (exact) mass is 703 g/mol. The van der Waals surface area contributed by atoms with Crippen LogP contribution in [0.15, 0.2) is 36.5 Å². The average molecular weight is 703 g/mol.